The van der Waals surface area contributed by atoms with Crippen LogP contribution < -0.4 is 5.32 Å². The Morgan fingerprint density at radius 2 is 2.17 bits per heavy atom. The quantitative estimate of drug-likeness (QED) is 0.715. The number of nitrogens with one attached hydrogen (secondary N) is 1. The first-order valence-corrected chi connectivity index (χ1v) is 4.33. The van der Waals surface area contributed by atoms with Crippen molar-refractivity contribution in [1.82, 2.24) is 0 Å². The molecule has 0 bridgehead atoms. The summed E-state index contributed by atoms with van der Waals surface area (Å²) in [5, 5.41) is 3.34. The van der Waals surface area contributed by atoms with Gasteiger partial charge in [0.25, 0.3) is 0 Å². The molecule has 0 saturated heterocycles. The lowest BCUT2D eigenvalue weighted by Gasteiger charge is -2.07. The average Bonchev–Trinajstić information content (AvgIpc) is 2.15. The first-order chi connectivity index (χ1) is 5.88. The number of para-hydroxylation sites is 1. The first-order valence-electron chi connectivity index (χ1n) is 4.33. The summed E-state index contributed by atoms with van der Waals surface area (Å²) in [6.07, 6.45) is 3.02. The molecule has 1 heteroatoms. The van der Waals surface area contributed by atoms with Crippen LogP contribution in [0.3, 0.4) is 0 Å². The van der Waals surface area contributed by atoms with Gasteiger partial charge in [0, 0.05) is 12.2 Å². The minimum Gasteiger partial charge on any atom is -0.385 e. The van der Waals surface area contributed by atoms with Crippen molar-refractivity contribution < 1.29 is 0 Å². The van der Waals surface area contributed by atoms with Crippen LogP contribution in [0.2, 0.25) is 0 Å². The zero-order valence-corrected chi connectivity index (χ0v) is 7.51. The fourth-order valence-corrected chi connectivity index (χ4v) is 1.10. The van der Waals surface area contributed by atoms with Crippen molar-refractivity contribution in [3.05, 3.63) is 36.4 Å². The van der Waals surface area contributed by atoms with Gasteiger partial charge in [-0.1, -0.05) is 37.8 Å². The van der Waals surface area contributed by atoms with Gasteiger partial charge in [0.15, 0.2) is 0 Å². The van der Waals surface area contributed by atoms with E-state index in [0.29, 0.717) is 0 Å². The van der Waals surface area contributed by atoms with E-state index in [2.05, 4.69) is 31.0 Å². The molecule has 0 amide bonds. The Hall–Kier alpha value is -1.24. The number of hydrogen-bond acceptors (Lipinski definition) is 1. The maximum Gasteiger partial charge on any atom is 0.0413 e. The molecule has 0 aliphatic rings. The first kappa shape index (κ1) is 8.85. The highest BCUT2D eigenvalue weighted by molar-refractivity contribution is 5.65. The maximum atomic E-state index is 3.76. The Kier molecular flexibility index (Phi) is 3.39. The van der Waals surface area contributed by atoms with Gasteiger partial charge in [-0.25, -0.2) is 0 Å². The Bertz CT molecular complexity index is 253. The SMILES string of the molecule is C=Cc1ccccc1NCCC. The van der Waals surface area contributed by atoms with Crippen LogP contribution in [-0.2, 0) is 0 Å². The van der Waals surface area contributed by atoms with Gasteiger partial charge in [0.2, 0.25) is 0 Å². The monoisotopic (exact) mass is 161 g/mol. The smallest absolute Gasteiger partial charge is 0.0413 e. The fraction of sp³-hybridized carbons (Fsp3) is 0.273. The topological polar surface area (TPSA) is 12.0 Å². The zero-order chi connectivity index (χ0) is 8.81. The lowest BCUT2D eigenvalue weighted by Crippen LogP contribution is -2.00. The Balaban J connectivity index is 2.75. The third-order valence-electron chi connectivity index (χ3n) is 1.75. The predicted molar refractivity (Wildman–Crippen MR) is 55.3 cm³/mol. The van der Waals surface area contributed by atoms with Gasteiger partial charge in [-0.15, -0.1) is 0 Å². The maximum absolute atomic E-state index is 3.76. The van der Waals surface area contributed by atoms with Gasteiger partial charge >= 0.3 is 0 Å². The number of hydrogen-bond donors (Lipinski definition) is 1. The van der Waals surface area contributed by atoms with E-state index in [1.165, 1.54) is 11.3 Å². The average molecular weight is 161 g/mol. The van der Waals surface area contributed by atoms with Gasteiger partial charge in [-0.3, -0.25) is 0 Å². The van der Waals surface area contributed by atoms with E-state index in [4.69, 9.17) is 0 Å². The second kappa shape index (κ2) is 4.60. The summed E-state index contributed by atoms with van der Waals surface area (Å²) in [7, 11) is 0. The molecule has 0 aliphatic carbocycles. The van der Waals surface area contributed by atoms with E-state index in [9.17, 15) is 0 Å². The van der Waals surface area contributed by atoms with Gasteiger partial charge in [0.1, 0.15) is 0 Å². The molecule has 1 nitrogen and oxygen atoms in total. The molecular weight excluding hydrogens is 146 g/mol. The second-order valence-electron chi connectivity index (χ2n) is 2.72. The number of rotatable bonds is 4. The molecule has 0 spiro atoms. The van der Waals surface area contributed by atoms with E-state index >= 15 is 0 Å². The third-order valence-corrected chi connectivity index (χ3v) is 1.75. The van der Waals surface area contributed by atoms with Gasteiger partial charge in [-0.2, -0.15) is 0 Å². The third kappa shape index (κ3) is 2.12. The molecule has 1 rings (SSSR count). The molecule has 64 valence electrons. The van der Waals surface area contributed by atoms with E-state index in [-0.39, 0.29) is 0 Å². The van der Waals surface area contributed by atoms with Crippen LogP contribution in [0.15, 0.2) is 30.8 Å². The molecule has 1 N–H and O–H groups in total. The fourth-order valence-electron chi connectivity index (χ4n) is 1.10. The highest BCUT2D eigenvalue weighted by Crippen LogP contribution is 2.15. The van der Waals surface area contributed by atoms with Crippen molar-refractivity contribution in [3.63, 3.8) is 0 Å². The van der Waals surface area contributed by atoms with E-state index in [0.717, 1.165) is 13.0 Å². The standard InChI is InChI=1S/C11H15N/c1-3-9-12-11-8-6-5-7-10(11)4-2/h4-8,12H,2-3,9H2,1H3. The Labute approximate surface area is 74.1 Å². The largest absolute Gasteiger partial charge is 0.385 e. The van der Waals surface area contributed by atoms with Crippen molar-refractivity contribution in [3.8, 4) is 0 Å². The molecule has 0 radical (unpaired) electrons. The number of benzene rings is 1. The molecule has 1 aromatic carbocycles. The molecule has 12 heavy (non-hydrogen) atoms. The van der Waals surface area contributed by atoms with Gasteiger partial charge < -0.3 is 5.32 Å². The summed E-state index contributed by atoms with van der Waals surface area (Å²) >= 11 is 0. The summed E-state index contributed by atoms with van der Waals surface area (Å²) in [6.45, 7) is 6.93. The lowest BCUT2D eigenvalue weighted by atomic mass is 10.2. The molecule has 0 atom stereocenters. The summed E-state index contributed by atoms with van der Waals surface area (Å²) in [5.41, 5.74) is 2.35. The molecule has 1 aromatic rings. The second-order valence-corrected chi connectivity index (χ2v) is 2.72. The summed E-state index contributed by atoms with van der Waals surface area (Å²) in [6, 6.07) is 8.19. The number of anilines is 1. The molecule has 0 unspecified atom stereocenters. The minimum absolute atomic E-state index is 1.02. The Morgan fingerprint density at radius 1 is 1.42 bits per heavy atom. The van der Waals surface area contributed by atoms with E-state index < -0.39 is 0 Å². The van der Waals surface area contributed by atoms with E-state index in [1.807, 2.05) is 18.2 Å². The predicted octanol–water partition coefficient (Wildman–Crippen LogP) is 3.15. The zero-order valence-electron chi connectivity index (χ0n) is 7.51. The van der Waals surface area contributed by atoms with Crippen LogP contribution in [-0.4, -0.2) is 6.54 Å². The van der Waals surface area contributed by atoms with Gasteiger partial charge in [0.05, 0.1) is 0 Å². The summed E-state index contributed by atoms with van der Waals surface area (Å²) < 4.78 is 0. The minimum atomic E-state index is 1.02. The highest BCUT2D eigenvalue weighted by Gasteiger charge is 1.94. The Morgan fingerprint density at radius 3 is 2.83 bits per heavy atom. The van der Waals surface area contributed by atoms with Crippen LogP contribution in [0.4, 0.5) is 5.69 Å². The van der Waals surface area contributed by atoms with Crippen molar-refractivity contribution in [1.29, 1.82) is 0 Å². The van der Waals surface area contributed by atoms with E-state index in [1.54, 1.807) is 0 Å². The van der Waals surface area contributed by atoms with Crippen molar-refractivity contribution in [2.24, 2.45) is 0 Å². The molecule has 0 aromatic heterocycles. The highest BCUT2D eigenvalue weighted by atomic mass is 14.9. The van der Waals surface area contributed by atoms with Gasteiger partial charge in [-0.05, 0) is 18.1 Å². The van der Waals surface area contributed by atoms with Crippen molar-refractivity contribution in [2.75, 3.05) is 11.9 Å². The molecule has 0 heterocycles. The van der Waals surface area contributed by atoms with Crippen LogP contribution in [0.25, 0.3) is 6.08 Å². The van der Waals surface area contributed by atoms with Crippen LogP contribution in [0.1, 0.15) is 18.9 Å². The van der Waals surface area contributed by atoms with Crippen LogP contribution in [0, 0.1) is 0 Å². The molecule has 0 fully saturated rings. The van der Waals surface area contributed by atoms with Crippen LogP contribution in [0.5, 0.6) is 0 Å². The molecule has 0 aliphatic heterocycles. The molecular formula is C11H15N. The summed E-state index contributed by atoms with van der Waals surface area (Å²) in [4.78, 5) is 0. The normalized spacial score (nSPS) is 9.42. The van der Waals surface area contributed by atoms with Crippen molar-refractivity contribution >= 4 is 11.8 Å². The molecule has 0 saturated carbocycles. The lowest BCUT2D eigenvalue weighted by molar-refractivity contribution is 0.979. The summed E-state index contributed by atoms with van der Waals surface area (Å²) in [5.74, 6) is 0. The van der Waals surface area contributed by atoms with Crippen molar-refractivity contribution in [2.45, 2.75) is 13.3 Å². The van der Waals surface area contributed by atoms with Crippen LogP contribution >= 0.6 is 0 Å².